The van der Waals surface area contributed by atoms with Crippen LogP contribution in [0.3, 0.4) is 0 Å². The highest BCUT2D eigenvalue weighted by molar-refractivity contribution is 7.93. The number of hydrogen-bond donors (Lipinski definition) is 0. The quantitative estimate of drug-likeness (QED) is 0.491. The van der Waals surface area contributed by atoms with Crippen LogP contribution in [0.5, 0.6) is 5.75 Å². The number of piperidine rings is 1. The fourth-order valence-electron chi connectivity index (χ4n) is 3.82. The first-order valence-electron chi connectivity index (χ1n) is 10.6. The van der Waals surface area contributed by atoms with Crippen molar-refractivity contribution >= 4 is 33.2 Å². The molecule has 0 aromatic heterocycles. The second kappa shape index (κ2) is 9.46. The fraction of sp³-hybridized carbons (Fsp3) is 0.200. The summed E-state index contributed by atoms with van der Waals surface area (Å²) in [5, 5.41) is 0. The lowest BCUT2D eigenvalue weighted by molar-refractivity contribution is -0.129. The molecule has 7 nitrogen and oxygen atoms in total. The Morgan fingerprint density at radius 3 is 2.09 bits per heavy atom. The molecule has 0 N–H and O–H groups in total. The summed E-state index contributed by atoms with van der Waals surface area (Å²) >= 11 is 0. The molecule has 0 bridgehead atoms. The Morgan fingerprint density at radius 2 is 1.48 bits per heavy atom. The second-order valence-electron chi connectivity index (χ2n) is 7.64. The molecule has 3 aromatic carbocycles. The van der Waals surface area contributed by atoms with Gasteiger partial charge >= 0.3 is 0 Å². The third-order valence-electron chi connectivity index (χ3n) is 5.47. The van der Waals surface area contributed by atoms with Crippen molar-refractivity contribution < 1.29 is 22.7 Å². The van der Waals surface area contributed by atoms with Gasteiger partial charge in [0.15, 0.2) is 0 Å². The largest absolute Gasteiger partial charge is 0.495 e. The molecule has 0 radical (unpaired) electrons. The highest BCUT2D eigenvalue weighted by Crippen LogP contribution is 2.35. The van der Waals surface area contributed by atoms with Crippen molar-refractivity contribution in [3.63, 3.8) is 0 Å². The van der Waals surface area contributed by atoms with E-state index in [0.717, 1.165) is 10.5 Å². The van der Waals surface area contributed by atoms with E-state index >= 15 is 0 Å². The van der Waals surface area contributed by atoms with Crippen molar-refractivity contribution in [2.75, 3.05) is 16.3 Å². The van der Waals surface area contributed by atoms with Gasteiger partial charge in [-0.1, -0.05) is 48.5 Å². The maximum absolute atomic E-state index is 14.0. The van der Waals surface area contributed by atoms with E-state index in [4.69, 9.17) is 4.74 Å². The first kappa shape index (κ1) is 22.5. The number of nitrogens with zero attached hydrogens (tertiary/aromatic N) is 2. The first-order valence-corrected chi connectivity index (χ1v) is 12.0. The number of para-hydroxylation sites is 1. The first-order chi connectivity index (χ1) is 15.9. The number of carbonyl (C=O) groups excluding carboxylic acids is 2. The SMILES string of the molecule is COc1ccc(N2C(=O)CCCC2=O)cc1S(=O)(=O)N(Cc1ccccc1)c1ccccc1. The van der Waals surface area contributed by atoms with Crippen molar-refractivity contribution in [1.82, 2.24) is 0 Å². The molecule has 2 amide bonds. The van der Waals surface area contributed by atoms with Crippen LogP contribution in [0.25, 0.3) is 0 Å². The third kappa shape index (κ3) is 4.61. The highest BCUT2D eigenvalue weighted by atomic mass is 32.2. The molecule has 0 saturated carbocycles. The van der Waals surface area contributed by atoms with Gasteiger partial charge in [-0.05, 0) is 42.3 Å². The van der Waals surface area contributed by atoms with Crippen LogP contribution in [0, 0.1) is 0 Å². The zero-order chi connectivity index (χ0) is 23.4. The molecule has 1 heterocycles. The molecule has 0 aliphatic carbocycles. The van der Waals surface area contributed by atoms with Crippen LogP contribution in [-0.2, 0) is 26.2 Å². The molecular weight excluding hydrogens is 440 g/mol. The fourth-order valence-corrected chi connectivity index (χ4v) is 5.46. The van der Waals surface area contributed by atoms with Gasteiger partial charge in [-0.25, -0.2) is 8.42 Å². The summed E-state index contributed by atoms with van der Waals surface area (Å²) in [5.41, 5.74) is 1.51. The van der Waals surface area contributed by atoms with E-state index in [1.807, 2.05) is 36.4 Å². The third-order valence-corrected chi connectivity index (χ3v) is 7.26. The van der Waals surface area contributed by atoms with Gasteiger partial charge in [-0.2, -0.15) is 0 Å². The molecule has 1 saturated heterocycles. The number of carbonyl (C=O) groups is 2. The Balaban J connectivity index is 1.83. The summed E-state index contributed by atoms with van der Waals surface area (Å²) in [6.07, 6.45) is 0.975. The van der Waals surface area contributed by atoms with Gasteiger partial charge in [0.1, 0.15) is 10.6 Å². The summed E-state index contributed by atoms with van der Waals surface area (Å²) in [4.78, 5) is 25.8. The van der Waals surface area contributed by atoms with E-state index in [0.29, 0.717) is 12.1 Å². The topological polar surface area (TPSA) is 84.0 Å². The number of hydrogen-bond acceptors (Lipinski definition) is 5. The van der Waals surface area contributed by atoms with Gasteiger partial charge in [-0.15, -0.1) is 0 Å². The molecule has 8 heteroatoms. The van der Waals surface area contributed by atoms with Gasteiger partial charge in [0.25, 0.3) is 10.0 Å². The maximum Gasteiger partial charge on any atom is 0.268 e. The molecule has 33 heavy (non-hydrogen) atoms. The summed E-state index contributed by atoms with van der Waals surface area (Å²) in [7, 11) is -2.75. The minimum Gasteiger partial charge on any atom is -0.495 e. The molecule has 170 valence electrons. The lowest BCUT2D eigenvalue weighted by Gasteiger charge is -2.28. The monoisotopic (exact) mass is 464 g/mol. The summed E-state index contributed by atoms with van der Waals surface area (Å²) < 4.78 is 34.6. The van der Waals surface area contributed by atoms with Crippen molar-refractivity contribution in [3.8, 4) is 5.75 Å². The number of methoxy groups -OCH3 is 1. The average Bonchev–Trinajstić information content (AvgIpc) is 2.83. The van der Waals surface area contributed by atoms with E-state index in [1.54, 1.807) is 24.3 Å². The minimum atomic E-state index is -4.13. The van der Waals surface area contributed by atoms with Crippen LogP contribution in [0.15, 0.2) is 83.8 Å². The molecule has 0 unspecified atom stereocenters. The van der Waals surface area contributed by atoms with Gasteiger partial charge in [-0.3, -0.25) is 18.8 Å². The smallest absolute Gasteiger partial charge is 0.268 e. The minimum absolute atomic E-state index is 0.0993. The number of ether oxygens (including phenoxy) is 1. The van der Waals surface area contributed by atoms with E-state index < -0.39 is 10.0 Å². The van der Waals surface area contributed by atoms with Crippen molar-refractivity contribution in [2.24, 2.45) is 0 Å². The maximum atomic E-state index is 14.0. The molecular formula is C25H24N2O5S. The Labute approximate surface area is 193 Å². The Kier molecular flexibility index (Phi) is 6.46. The van der Waals surface area contributed by atoms with Crippen LogP contribution in [0.4, 0.5) is 11.4 Å². The summed E-state index contributed by atoms with van der Waals surface area (Å²) in [6, 6.07) is 22.4. The number of anilines is 2. The van der Waals surface area contributed by atoms with Crippen LogP contribution in [0.1, 0.15) is 24.8 Å². The predicted octanol–water partition coefficient (Wildman–Crippen LogP) is 4.13. The Morgan fingerprint density at radius 1 is 0.879 bits per heavy atom. The predicted molar refractivity (Wildman–Crippen MR) is 126 cm³/mol. The van der Waals surface area contributed by atoms with Crippen LogP contribution >= 0.6 is 0 Å². The lowest BCUT2D eigenvalue weighted by Crippen LogP contribution is -2.40. The number of sulfonamides is 1. The standard InChI is InChI=1S/C25H24N2O5S/c1-32-22-16-15-21(27-24(28)13-8-14-25(27)29)17-23(22)33(30,31)26(20-11-6-3-7-12-20)18-19-9-4-2-5-10-19/h2-7,9-12,15-17H,8,13-14,18H2,1H3. The van der Waals surface area contributed by atoms with Gasteiger partial charge < -0.3 is 4.74 Å². The molecule has 4 rings (SSSR count). The molecule has 1 aliphatic rings. The number of imide groups is 1. The van der Waals surface area contributed by atoms with Gasteiger partial charge in [0.2, 0.25) is 11.8 Å². The van der Waals surface area contributed by atoms with Crippen molar-refractivity contribution in [3.05, 3.63) is 84.4 Å². The van der Waals surface area contributed by atoms with E-state index in [2.05, 4.69) is 0 Å². The van der Waals surface area contributed by atoms with Crippen molar-refractivity contribution in [1.29, 1.82) is 0 Å². The normalized spacial score (nSPS) is 14.3. The Bertz CT molecular complexity index is 1240. The molecule has 0 atom stereocenters. The number of amides is 2. The van der Waals surface area contributed by atoms with E-state index in [-0.39, 0.29) is 47.5 Å². The number of benzene rings is 3. The van der Waals surface area contributed by atoms with Crippen LogP contribution < -0.4 is 13.9 Å². The summed E-state index contributed by atoms with van der Waals surface area (Å²) in [6.45, 7) is 0.0993. The molecule has 0 spiro atoms. The van der Waals surface area contributed by atoms with Gasteiger partial charge in [0.05, 0.1) is 25.0 Å². The average molecular weight is 465 g/mol. The molecule has 3 aromatic rings. The van der Waals surface area contributed by atoms with E-state index in [1.165, 1.54) is 29.6 Å². The van der Waals surface area contributed by atoms with Crippen LogP contribution in [0.2, 0.25) is 0 Å². The van der Waals surface area contributed by atoms with Crippen molar-refractivity contribution in [2.45, 2.75) is 30.7 Å². The molecule has 1 fully saturated rings. The van der Waals surface area contributed by atoms with E-state index in [9.17, 15) is 18.0 Å². The summed E-state index contributed by atoms with van der Waals surface area (Å²) in [5.74, 6) is -0.558. The zero-order valence-electron chi connectivity index (χ0n) is 18.2. The lowest BCUT2D eigenvalue weighted by atomic mass is 10.1. The second-order valence-corrected chi connectivity index (χ2v) is 9.48. The molecule has 1 aliphatic heterocycles. The van der Waals surface area contributed by atoms with Gasteiger partial charge in [0, 0.05) is 12.8 Å². The van der Waals surface area contributed by atoms with Crippen LogP contribution in [-0.4, -0.2) is 27.3 Å². The highest BCUT2D eigenvalue weighted by Gasteiger charge is 2.32. The zero-order valence-corrected chi connectivity index (χ0v) is 19.0. The Hall–Kier alpha value is -3.65. The number of rotatable bonds is 7.